The Bertz CT molecular complexity index is 869. The number of rotatable bonds is 4. The molecule has 6 heteroatoms. The summed E-state index contributed by atoms with van der Waals surface area (Å²) in [5.74, 6) is 0.0151. The summed E-state index contributed by atoms with van der Waals surface area (Å²) in [6.45, 7) is 1.85. The number of nitrogens with zero attached hydrogens (tertiary/aromatic N) is 1. The van der Waals surface area contributed by atoms with Gasteiger partial charge in [-0.3, -0.25) is 14.2 Å². The number of nitrogens with two attached hydrogens (primary N) is 1. The van der Waals surface area contributed by atoms with Crippen LogP contribution < -0.4 is 10.5 Å². The molecule has 1 aliphatic carbocycles. The number of ether oxygens (including phenoxy) is 1. The normalized spacial score (nSPS) is 20.0. The molecule has 2 aromatic rings. The summed E-state index contributed by atoms with van der Waals surface area (Å²) in [5, 5.41) is 0.806. The first-order valence-corrected chi connectivity index (χ1v) is 8.69. The van der Waals surface area contributed by atoms with Crippen molar-refractivity contribution in [3.05, 3.63) is 41.6 Å². The first-order chi connectivity index (χ1) is 11.9. The van der Waals surface area contributed by atoms with Gasteiger partial charge in [0.25, 0.3) is 0 Å². The minimum absolute atomic E-state index is 0.0109. The molecule has 0 radical (unpaired) electrons. The van der Waals surface area contributed by atoms with Crippen molar-refractivity contribution in [2.24, 2.45) is 11.7 Å². The predicted octanol–water partition coefficient (Wildman–Crippen LogP) is 3.20. The number of primary amides is 1. The zero-order valence-electron chi connectivity index (χ0n) is 14.3. The summed E-state index contributed by atoms with van der Waals surface area (Å²) in [6, 6.07) is 5.50. The second-order valence-corrected chi connectivity index (χ2v) is 6.91. The Morgan fingerprint density at radius 3 is 2.68 bits per heavy atom. The average molecular weight is 361 g/mol. The molecule has 2 atom stereocenters. The van der Waals surface area contributed by atoms with Crippen LogP contribution in [0.25, 0.3) is 10.9 Å². The van der Waals surface area contributed by atoms with Gasteiger partial charge in [0.15, 0.2) is 0 Å². The molecule has 1 aromatic carbocycles. The molecular formula is C19H21ClN2O3. The number of carbonyl (C=O) groups is 2. The average Bonchev–Trinajstić information content (AvgIpc) is 2.86. The summed E-state index contributed by atoms with van der Waals surface area (Å²) < 4.78 is 6.97. The standard InChI is InChI=1S/C19H21ClN2O3/c1-11-15(10-18(21)23)16-9-14(25-2)7-8-17(16)22(11)19(24)12-3-5-13(20)6-4-12/h3,5,7-9,12-13H,4,6,10H2,1-2H3,(H2,21,23). The Labute approximate surface area is 151 Å². The number of halogens is 1. The maximum Gasteiger partial charge on any atom is 0.238 e. The predicted molar refractivity (Wildman–Crippen MR) is 98.3 cm³/mol. The van der Waals surface area contributed by atoms with Crippen LogP contribution in [0.5, 0.6) is 5.75 Å². The second-order valence-electron chi connectivity index (χ2n) is 6.35. The van der Waals surface area contributed by atoms with Crippen LogP contribution in [0, 0.1) is 12.8 Å². The van der Waals surface area contributed by atoms with Gasteiger partial charge in [-0.2, -0.15) is 0 Å². The van der Waals surface area contributed by atoms with Gasteiger partial charge in [-0.25, -0.2) is 0 Å². The Morgan fingerprint density at radius 1 is 1.32 bits per heavy atom. The Morgan fingerprint density at radius 2 is 2.08 bits per heavy atom. The van der Waals surface area contributed by atoms with Crippen LogP contribution in [-0.4, -0.2) is 28.9 Å². The van der Waals surface area contributed by atoms with Crippen LogP contribution in [0.2, 0.25) is 0 Å². The monoisotopic (exact) mass is 360 g/mol. The summed E-state index contributed by atoms with van der Waals surface area (Å²) in [7, 11) is 1.58. The number of alkyl halides is 1. The van der Waals surface area contributed by atoms with E-state index in [1.54, 1.807) is 11.7 Å². The summed E-state index contributed by atoms with van der Waals surface area (Å²) in [4.78, 5) is 24.6. The van der Waals surface area contributed by atoms with Gasteiger partial charge >= 0.3 is 0 Å². The molecule has 3 rings (SSSR count). The second kappa shape index (κ2) is 6.92. The molecule has 5 nitrogen and oxygen atoms in total. The third-order valence-electron chi connectivity index (χ3n) is 4.74. The maximum absolute atomic E-state index is 13.1. The highest BCUT2D eigenvalue weighted by atomic mass is 35.5. The third kappa shape index (κ3) is 3.29. The quantitative estimate of drug-likeness (QED) is 0.672. The molecule has 2 N–H and O–H groups in total. The Kier molecular flexibility index (Phi) is 4.86. The fraction of sp³-hybridized carbons (Fsp3) is 0.368. The van der Waals surface area contributed by atoms with Crippen molar-refractivity contribution in [3.63, 3.8) is 0 Å². The molecule has 1 aliphatic rings. The van der Waals surface area contributed by atoms with Crippen molar-refractivity contribution in [2.75, 3.05) is 7.11 Å². The van der Waals surface area contributed by atoms with Gasteiger partial charge in [0, 0.05) is 11.1 Å². The van der Waals surface area contributed by atoms with Gasteiger partial charge in [0.1, 0.15) is 5.75 Å². The Balaban J connectivity index is 2.14. The van der Waals surface area contributed by atoms with E-state index < -0.39 is 5.91 Å². The molecule has 0 saturated carbocycles. The molecule has 2 unspecified atom stereocenters. The van der Waals surface area contributed by atoms with Gasteiger partial charge < -0.3 is 10.5 Å². The number of carbonyl (C=O) groups excluding carboxylic acids is 2. The topological polar surface area (TPSA) is 74.3 Å². The lowest BCUT2D eigenvalue weighted by Gasteiger charge is -2.19. The van der Waals surface area contributed by atoms with Gasteiger partial charge in [-0.05, 0) is 43.5 Å². The van der Waals surface area contributed by atoms with Crippen molar-refractivity contribution < 1.29 is 14.3 Å². The van der Waals surface area contributed by atoms with Crippen LogP contribution in [0.1, 0.15) is 28.9 Å². The van der Waals surface area contributed by atoms with Crippen LogP contribution in [0.4, 0.5) is 0 Å². The lowest BCUT2D eigenvalue weighted by atomic mass is 9.94. The summed E-state index contributed by atoms with van der Waals surface area (Å²) in [6.07, 6.45) is 5.33. The van der Waals surface area contributed by atoms with E-state index in [0.717, 1.165) is 28.6 Å². The van der Waals surface area contributed by atoms with Crippen molar-refractivity contribution in [1.29, 1.82) is 0 Å². The van der Waals surface area contributed by atoms with E-state index in [-0.39, 0.29) is 23.6 Å². The van der Waals surface area contributed by atoms with E-state index in [2.05, 4.69) is 0 Å². The van der Waals surface area contributed by atoms with Gasteiger partial charge in [-0.1, -0.05) is 12.2 Å². The fourth-order valence-corrected chi connectivity index (χ4v) is 3.64. The number of allylic oxidation sites excluding steroid dienone is 2. The number of aromatic nitrogens is 1. The molecule has 0 fully saturated rings. The smallest absolute Gasteiger partial charge is 0.238 e. The Hall–Kier alpha value is -2.27. The summed E-state index contributed by atoms with van der Waals surface area (Å²) >= 11 is 6.08. The number of fused-ring (bicyclic) bond motifs is 1. The molecule has 0 bridgehead atoms. The van der Waals surface area contributed by atoms with Crippen LogP contribution in [-0.2, 0) is 11.2 Å². The minimum Gasteiger partial charge on any atom is -0.497 e. The highest BCUT2D eigenvalue weighted by molar-refractivity contribution is 6.21. The highest BCUT2D eigenvalue weighted by Gasteiger charge is 2.26. The lowest BCUT2D eigenvalue weighted by Crippen LogP contribution is -2.24. The number of benzene rings is 1. The first-order valence-electron chi connectivity index (χ1n) is 8.25. The molecule has 132 valence electrons. The third-order valence-corrected chi connectivity index (χ3v) is 5.10. The van der Waals surface area contributed by atoms with E-state index in [1.807, 2.05) is 37.3 Å². The van der Waals surface area contributed by atoms with Crippen molar-refractivity contribution in [3.8, 4) is 5.75 Å². The van der Waals surface area contributed by atoms with E-state index in [4.69, 9.17) is 22.1 Å². The number of amides is 1. The van der Waals surface area contributed by atoms with Crippen molar-refractivity contribution in [2.45, 2.75) is 31.6 Å². The first kappa shape index (κ1) is 17.5. The number of hydrogen-bond donors (Lipinski definition) is 1. The van der Waals surface area contributed by atoms with E-state index in [9.17, 15) is 9.59 Å². The van der Waals surface area contributed by atoms with Crippen molar-refractivity contribution in [1.82, 2.24) is 4.57 Å². The molecule has 1 amide bonds. The molecule has 0 aliphatic heterocycles. The van der Waals surface area contributed by atoms with Gasteiger partial charge in [0.05, 0.1) is 30.3 Å². The zero-order valence-corrected chi connectivity index (χ0v) is 15.0. The van der Waals surface area contributed by atoms with Crippen LogP contribution in [0.15, 0.2) is 30.4 Å². The molecule has 0 spiro atoms. The largest absolute Gasteiger partial charge is 0.497 e. The van der Waals surface area contributed by atoms with Crippen LogP contribution in [0.3, 0.4) is 0 Å². The zero-order chi connectivity index (χ0) is 18.1. The number of hydrogen-bond acceptors (Lipinski definition) is 3. The van der Waals surface area contributed by atoms with Crippen molar-refractivity contribution >= 4 is 34.3 Å². The summed E-state index contributed by atoms with van der Waals surface area (Å²) in [5.41, 5.74) is 7.69. The van der Waals surface area contributed by atoms with E-state index in [0.29, 0.717) is 12.2 Å². The fourth-order valence-electron chi connectivity index (χ4n) is 3.43. The van der Waals surface area contributed by atoms with E-state index in [1.165, 1.54) is 0 Å². The lowest BCUT2D eigenvalue weighted by molar-refractivity contribution is -0.117. The molecule has 1 aromatic heterocycles. The van der Waals surface area contributed by atoms with Gasteiger partial charge in [0.2, 0.25) is 11.8 Å². The number of methoxy groups -OCH3 is 1. The van der Waals surface area contributed by atoms with Crippen LogP contribution >= 0.6 is 11.6 Å². The molecule has 25 heavy (non-hydrogen) atoms. The van der Waals surface area contributed by atoms with E-state index >= 15 is 0 Å². The minimum atomic E-state index is -0.431. The molecule has 1 heterocycles. The van der Waals surface area contributed by atoms with Gasteiger partial charge in [-0.15, -0.1) is 11.6 Å². The molecular weight excluding hydrogens is 340 g/mol. The molecule has 0 saturated heterocycles. The SMILES string of the molecule is COc1ccc2c(c1)c(CC(N)=O)c(C)n2C(=O)C1C=CC(Cl)CC1. The maximum atomic E-state index is 13.1. The highest BCUT2D eigenvalue weighted by Crippen LogP contribution is 2.32.